The fourth-order valence-corrected chi connectivity index (χ4v) is 5.11. The zero-order chi connectivity index (χ0) is 21.2. The van der Waals surface area contributed by atoms with Crippen LogP contribution in [0.4, 0.5) is 5.13 Å². The molecule has 0 bridgehead atoms. The van der Waals surface area contributed by atoms with Gasteiger partial charge in [0, 0.05) is 18.0 Å². The van der Waals surface area contributed by atoms with Crippen LogP contribution in [-0.4, -0.2) is 31.3 Å². The van der Waals surface area contributed by atoms with Crippen LogP contribution in [0.2, 0.25) is 0 Å². The van der Waals surface area contributed by atoms with Crippen LogP contribution < -0.4 is 10.0 Å². The quantitative estimate of drug-likeness (QED) is 0.624. The number of amides is 1. The molecule has 2 aromatic heterocycles. The highest BCUT2D eigenvalue weighted by Gasteiger charge is 2.22. The molecule has 0 aliphatic heterocycles. The fourth-order valence-electron chi connectivity index (χ4n) is 2.86. The molecule has 0 spiro atoms. The second-order valence-corrected chi connectivity index (χ2v) is 9.70. The predicted octanol–water partition coefficient (Wildman–Crippen LogP) is 3.47. The van der Waals surface area contributed by atoms with Gasteiger partial charge in [-0.2, -0.15) is 0 Å². The van der Waals surface area contributed by atoms with E-state index in [2.05, 4.69) is 20.0 Å². The number of carbonyl (C=O) groups is 1. The first-order chi connectivity index (χ1) is 13.7. The van der Waals surface area contributed by atoms with E-state index in [0.717, 1.165) is 33.6 Å². The van der Waals surface area contributed by atoms with E-state index in [0.29, 0.717) is 5.69 Å². The highest BCUT2D eigenvalue weighted by Crippen LogP contribution is 2.29. The third-order valence-electron chi connectivity index (χ3n) is 4.65. The molecule has 0 fully saturated rings. The van der Waals surface area contributed by atoms with E-state index < -0.39 is 15.9 Å². The number of pyridine rings is 1. The summed E-state index contributed by atoms with van der Waals surface area (Å²) in [4.78, 5) is 21.0. The van der Waals surface area contributed by atoms with Crippen LogP contribution >= 0.6 is 11.3 Å². The molecule has 0 aliphatic carbocycles. The first-order valence-electron chi connectivity index (χ1n) is 8.95. The van der Waals surface area contributed by atoms with Gasteiger partial charge >= 0.3 is 0 Å². The van der Waals surface area contributed by atoms with E-state index >= 15 is 0 Å². The van der Waals surface area contributed by atoms with E-state index in [-0.39, 0.29) is 15.2 Å². The number of anilines is 1. The van der Waals surface area contributed by atoms with Crippen LogP contribution in [0.25, 0.3) is 11.1 Å². The highest BCUT2D eigenvalue weighted by atomic mass is 32.2. The number of nitrogens with one attached hydrogen (secondary N) is 2. The van der Waals surface area contributed by atoms with Crippen LogP contribution in [0.3, 0.4) is 0 Å². The van der Waals surface area contributed by atoms with Gasteiger partial charge in [-0.05, 0) is 50.6 Å². The highest BCUT2D eigenvalue weighted by molar-refractivity contribution is 7.91. The average molecular weight is 431 g/mol. The zero-order valence-electron chi connectivity index (χ0n) is 16.6. The summed E-state index contributed by atoms with van der Waals surface area (Å²) in [6.07, 6.45) is 3.58. The second-order valence-electron chi connectivity index (χ2n) is 6.62. The van der Waals surface area contributed by atoms with Gasteiger partial charge in [-0.3, -0.25) is 9.78 Å². The Bertz CT molecular complexity index is 1140. The third-order valence-corrected chi connectivity index (χ3v) is 7.75. The largest absolute Gasteiger partial charge is 0.301 e. The first-order valence-corrected chi connectivity index (χ1v) is 11.3. The van der Waals surface area contributed by atoms with Crippen molar-refractivity contribution in [1.82, 2.24) is 14.7 Å². The van der Waals surface area contributed by atoms with Gasteiger partial charge in [0.25, 0.3) is 10.0 Å². The number of aryl methyl sites for hydroxylation is 2. The molecule has 0 aliphatic rings. The lowest BCUT2D eigenvalue weighted by molar-refractivity contribution is -0.117. The van der Waals surface area contributed by atoms with Crippen molar-refractivity contribution in [3.05, 3.63) is 59.5 Å². The maximum Gasteiger partial charge on any atom is 0.251 e. The molecular weight excluding hydrogens is 408 g/mol. The lowest BCUT2D eigenvalue weighted by Crippen LogP contribution is -2.18. The summed E-state index contributed by atoms with van der Waals surface area (Å²) < 4.78 is 26.3. The number of sulfonamides is 1. The molecule has 0 radical (unpaired) electrons. The van der Waals surface area contributed by atoms with Gasteiger partial charge in [-0.15, -0.1) is 0 Å². The Labute approximate surface area is 174 Å². The van der Waals surface area contributed by atoms with Crippen LogP contribution in [0.5, 0.6) is 0 Å². The molecule has 3 rings (SSSR count). The number of hydrogen-bond acceptors (Lipinski definition) is 6. The van der Waals surface area contributed by atoms with E-state index in [1.165, 1.54) is 7.05 Å². The van der Waals surface area contributed by atoms with Crippen molar-refractivity contribution in [2.75, 3.05) is 12.4 Å². The Balaban J connectivity index is 1.76. The third kappa shape index (κ3) is 4.52. The van der Waals surface area contributed by atoms with Gasteiger partial charge in [0.1, 0.15) is 0 Å². The molecule has 9 heteroatoms. The molecule has 0 saturated carbocycles. The van der Waals surface area contributed by atoms with Crippen molar-refractivity contribution in [2.45, 2.75) is 30.9 Å². The fraction of sp³-hybridized carbons (Fsp3) is 0.250. The number of nitrogens with zero attached hydrogens (tertiary/aromatic N) is 2. The molecule has 29 heavy (non-hydrogen) atoms. The summed E-state index contributed by atoms with van der Waals surface area (Å²) >= 11 is 0.933. The minimum atomic E-state index is -3.60. The molecular formula is C20H22N4O3S2. The van der Waals surface area contributed by atoms with Gasteiger partial charge in [0.05, 0.1) is 11.6 Å². The number of benzene rings is 1. The van der Waals surface area contributed by atoms with E-state index in [9.17, 15) is 13.2 Å². The van der Waals surface area contributed by atoms with Crippen molar-refractivity contribution in [3.8, 4) is 11.1 Å². The Kier molecular flexibility index (Phi) is 6.11. The second kappa shape index (κ2) is 8.40. The van der Waals surface area contributed by atoms with Crippen molar-refractivity contribution < 1.29 is 13.2 Å². The summed E-state index contributed by atoms with van der Waals surface area (Å²) in [7, 11) is -2.26. The molecule has 1 unspecified atom stereocenters. The lowest BCUT2D eigenvalue weighted by Gasteiger charge is -2.12. The molecule has 2 heterocycles. The Morgan fingerprint density at radius 1 is 1.14 bits per heavy atom. The SMILES string of the molecule is CNS(=O)(=O)c1sc(NC(=O)C(C)c2ccc(-c3cnccc3C)cc2)nc1C. The summed E-state index contributed by atoms with van der Waals surface area (Å²) in [6.45, 7) is 5.42. The minimum absolute atomic E-state index is 0.0964. The van der Waals surface area contributed by atoms with Gasteiger partial charge in [-0.25, -0.2) is 18.1 Å². The number of rotatable bonds is 6. The predicted molar refractivity (Wildman–Crippen MR) is 115 cm³/mol. The number of thiazole rings is 1. The van der Waals surface area contributed by atoms with E-state index in [1.54, 1.807) is 20.0 Å². The summed E-state index contributed by atoms with van der Waals surface area (Å²) in [5.41, 5.74) is 4.41. The molecule has 1 amide bonds. The van der Waals surface area contributed by atoms with Crippen LogP contribution in [-0.2, 0) is 14.8 Å². The minimum Gasteiger partial charge on any atom is -0.301 e. The van der Waals surface area contributed by atoms with Crippen LogP contribution in [0, 0.1) is 13.8 Å². The number of carbonyl (C=O) groups excluding carboxylic acids is 1. The molecule has 3 aromatic rings. The van der Waals surface area contributed by atoms with Crippen LogP contribution in [0.15, 0.2) is 46.9 Å². The Hall–Kier alpha value is -2.62. The maximum absolute atomic E-state index is 12.6. The monoisotopic (exact) mass is 430 g/mol. The molecule has 7 nitrogen and oxygen atoms in total. The smallest absolute Gasteiger partial charge is 0.251 e. The maximum atomic E-state index is 12.6. The van der Waals surface area contributed by atoms with Crippen molar-refractivity contribution >= 4 is 32.4 Å². The van der Waals surface area contributed by atoms with Crippen molar-refractivity contribution in [2.24, 2.45) is 0 Å². The summed E-state index contributed by atoms with van der Waals surface area (Å²) in [5, 5.41) is 2.98. The zero-order valence-corrected chi connectivity index (χ0v) is 18.2. The standard InChI is InChI=1S/C20H22N4O3S2/c1-12-9-10-22-11-17(12)16-7-5-15(6-8-16)13(2)18(25)24-20-23-14(3)19(28-20)29(26,27)21-4/h5-11,13,21H,1-4H3,(H,23,24,25). The van der Waals surface area contributed by atoms with E-state index in [4.69, 9.17) is 0 Å². The molecule has 0 saturated heterocycles. The number of aromatic nitrogens is 2. The average Bonchev–Trinajstić information content (AvgIpc) is 3.09. The van der Waals surface area contributed by atoms with E-state index in [1.807, 2.05) is 43.5 Å². The molecule has 1 aromatic carbocycles. The summed E-state index contributed by atoms with van der Waals surface area (Å²) in [5.74, 6) is -0.676. The van der Waals surface area contributed by atoms with Gasteiger partial charge < -0.3 is 5.32 Å². The number of hydrogen-bond donors (Lipinski definition) is 2. The lowest BCUT2D eigenvalue weighted by atomic mass is 9.96. The normalized spacial score (nSPS) is 12.6. The molecule has 2 N–H and O–H groups in total. The Morgan fingerprint density at radius 3 is 2.45 bits per heavy atom. The van der Waals surface area contributed by atoms with Gasteiger partial charge in [0.15, 0.2) is 9.34 Å². The summed E-state index contributed by atoms with van der Waals surface area (Å²) in [6, 6.07) is 9.71. The Morgan fingerprint density at radius 2 is 1.83 bits per heavy atom. The van der Waals surface area contributed by atoms with Gasteiger partial charge in [0.2, 0.25) is 5.91 Å². The van der Waals surface area contributed by atoms with Crippen molar-refractivity contribution in [3.63, 3.8) is 0 Å². The first kappa shape index (κ1) is 21.1. The van der Waals surface area contributed by atoms with Crippen LogP contribution in [0.1, 0.15) is 29.7 Å². The van der Waals surface area contributed by atoms with Gasteiger partial charge in [-0.1, -0.05) is 35.6 Å². The molecule has 1 atom stereocenters. The van der Waals surface area contributed by atoms with Crippen molar-refractivity contribution in [1.29, 1.82) is 0 Å². The topological polar surface area (TPSA) is 101 Å². The molecule has 152 valence electrons.